The average molecular weight is 382 g/mol. The van der Waals surface area contributed by atoms with Gasteiger partial charge in [0, 0.05) is 27.7 Å². The topological polar surface area (TPSA) is 233 Å². The predicted molar refractivity (Wildman–Crippen MR) is 63.1 cm³/mol. The van der Waals surface area contributed by atoms with Crippen LogP contribution in [0.2, 0.25) is 0 Å². The molecule has 0 fully saturated rings. The molecule has 15 heteroatoms. The van der Waals surface area contributed by atoms with Gasteiger partial charge in [-0.15, -0.1) is 0 Å². The van der Waals surface area contributed by atoms with Gasteiger partial charge in [-0.3, -0.25) is 19.2 Å². The summed E-state index contributed by atoms with van der Waals surface area (Å²) in [6.07, 6.45) is 0. The van der Waals surface area contributed by atoms with E-state index in [1.807, 2.05) is 0 Å². The number of hydrogen-bond donors (Lipinski definition) is 5. The molecule has 0 rings (SSSR count). The molecule has 23 heavy (non-hydrogen) atoms. The molecule has 0 saturated heterocycles. The van der Waals surface area contributed by atoms with Gasteiger partial charge in [-0.2, -0.15) is 0 Å². The summed E-state index contributed by atoms with van der Waals surface area (Å²) in [6.45, 7) is 4.33. The van der Waals surface area contributed by atoms with Gasteiger partial charge in [-0.1, -0.05) is 0 Å². The second-order valence-electron chi connectivity index (χ2n) is 2.54. The maximum atomic E-state index is 9.00. The summed E-state index contributed by atoms with van der Waals surface area (Å²) in [5, 5.41) is 29.7. The summed E-state index contributed by atoms with van der Waals surface area (Å²) in [5.74, 6) is -3.33. The summed E-state index contributed by atoms with van der Waals surface area (Å²) in [7, 11) is -5.14. The Morgan fingerprint density at radius 3 is 0.652 bits per heavy atom. The second-order valence-corrected chi connectivity index (χ2v) is 3.48. The van der Waals surface area contributed by atoms with Gasteiger partial charge in [0.2, 0.25) is 0 Å². The number of aliphatic carboxylic acids is 4. The van der Waals surface area contributed by atoms with Crippen molar-refractivity contribution in [1.29, 1.82) is 0 Å². The third-order valence-corrected chi connectivity index (χ3v) is 0. The monoisotopic (exact) mass is 382 g/mol. The first-order chi connectivity index (χ1) is 8.93. The van der Waals surface area contributed by atoms with Crippen molar-refractivity contribution in [3.8, 4) is 0 Å². The number of carboxylic acids is 4. The third-order valence-electron chi connectivity index (χ3n) is 0. The van der Waals surface area contributed by atoms with Crippen LogP contribution >= 0.6 is 7.82 Å². The first-order valence-corrected chi connectivity index (χ1v) is 5.95. The van der Waals surface area contributed by atoms with E-state index in [0.717, 1.165) is 27.7 Å². The van der Waals surface area contributed by atoms with Crippen LogP contribution in [0.25, 0.3) is 0 Å². The number of hydrogen-bond acceptors (Lipinski definition) is 7. The van der Waals surface area contributed by atoms with Gasteiger partial charge in [0.05, 0.1) is 7.82 Å². The molecular formula is C8H17Na2O12P. The zero-order valence-electron chi connectivity index (χ0n) is 13.5. The van der Waals surface area contributed by atoms with Crippen molar-refractivity contribution >= 4 is 31.7 Å². The van der Waals surface area contributed by atoms with Crippen LogP contribution < -0.4 is 68.9 Å². The van der Waals surface area contributed by atoms with E-state index in [9.17, 15) is 0 Å². The van der Waals surface area contributed by atoms with E-state index in [1.54, 1.807) is 0 Å². The Kier molecular flexibility index (Phi) is 56.6. The molecule has 0 bridgehead atoms. The van der Waals surface area contributed by atoms with Gasteiger partial charge < -0.3 is 39.7 Å². The fourth-order valence-electron chi connectivity index (χ4n) is 0. The van der Waals surface area contributed by atoms with Gasteiger partial charge in [0.25, 0.3) is 23.9 Å². The summed E-state index contributed by atoms with van der Waals surface area (Å²) in [5.41, 5.74) is 0. The van der Waals surface area contributed by atoms with Gasteiger partial charge in [0.15, 0.2) is 0 Å². The minimum atomic E-state index is -5.14. The summed E-state index contributed by atoms with van der Waals surface area (Å²) >= 11 is 0. The molecule has 0 aromatic carbocycles. The van der Waals surface area contributed by atoms with Crippen molar-refractivity contribution in [1.82, 2.24) is 0 Å². The van der Waals surface area contributed by atoms with Crippen molar-refractivity contribution < 1.29 is 118 Å². The molecule has 0 spiro atoms. The van der Waals surface area contributed by atoms with E-state index in [0.29, 0.717) is 0 Å². The van der Waals surface area contributed by atoms with Crippen LogP contribution in [-0.4, -0.2) is 49.2 Å². The molecule has 0 saturated carbocycles. The second kappa shape index (κ2) is 29.9. The van der Waals surface area contributed by atoms with Gasteiger partial charge in [-0.25, -0.2) is 0 Å². The molecule has 128 valence electrons. The van der Waals surface area contributed by atoms with Crippen molar-refractivity contribution in [2.45, 2.75) is 27.7 Å². The van der Waals surface area contributed by atoms with E-state index in [2.05, 4.69) is 0 Å². The van der Waals surface area contributed by atoms with E-state index in [1.165, 1.54) is 0 Å². The minimum Gasteiger partial charge on any atom is -0.790 e. The van der Waals surface area contributed by atoms with Crippen LogP contribution in [0, 0.1) is 0 Å². The first kappa shape index (κ1) is 43.5. The molecule has 0 heterocycles. The van der Waals surface area contributed by atoms with Crippen LogP contribution in [-0.2, 0) is 23.7 Å². The zero-order valence-corrected chi connectivity index (χ0v) is 18.4. The smallest absolute Gasteiger partial charge is 0.790 e. The van der Waals surface area contributed by atoms with E-state index in [4.69, 9.17) is 58.8 Å². The molecule has 0 amide bonds. The summed E-state index contributed by atoms with van der Waals surface area (Å²) in [4.78, 5) is 60.3. The van der Waals surface area contributed by atoms with Gasteiger partial charge >= 0.3 is 59.1 Å². The zero-order chi connectivity index (χ0) is 18.8. The summed E-state index contributed by atoms with van der Waals surface area (Å²) < 4.78 is 8.66. The molecule has 12 nitrogen and oxygen atoms in total. The Bertz CT molecular complexity index is 281. The van der Waals surface area contributed by atoms with Crippen molar-refractivity contribution in [3.05, 3.63) is 0 Å². The maximum absolute atomic E-state index is 9.00. The molecular weight excluding hydrogens is 365 g/mol. The molecule has 0 radical (unpaired) electrons. The third kappa shape index (κ3) is 87900000. The van der Waals surface area contributed by atoms with Crippen molar-refractivity contribution in [2.75, 3.05) is 0 Å². The normalized spacial score (nSPS) is 6.91. The van der Waals surface area contributed by atoms with Crippen LogP contribution in [0.3, 0.4) is 0 Å². The SMILES string of the molecule is CC(=O)O.CC(=O)O.CC(=O)O.CC(=O)O.O=P([O-])([O-])O.[Na+].[Na+]. The molecule has 0 aliphatic rings. The van der Waals surface area contributed by atoms with Crippen molar-refractivity contribution in [3.63, 3.8) is 0 Å². The first-order valence-electron chi connectivity index (χ1n) is 4.46. The van der Waals surface area contributed by atoms with Crippen molar-refractivity contribution in [2.24, 2.45) is 0 Å². The van der Waals surface area contributed by atoms with E-state index < -0.39 is 31.7 Å². The van der Waals surface area contributed by atoms with E-state index >= 15 is 0 Å². The molecule has 0 aliphatic carbocycles. The molecule has 0 aromatic heterocycles. The molecule has 0 unspecified atom stereocenters. The molecule has 0 aliphatic heterocycles. The fourth-order valence-corrected chi connectivity index (χ4v) is 0. The number of carboxylic acid groups (broad SMARTS) is 4. The van der Waals surface area contributed by atoms with Crippen LogP contribution in [0.1, 0.15) is 27.7 Å². The Balaban J connectivity index is -0.0000000273. The number of phosphoric acid groups is 1. The quantitative estimate of drug-likeness (QED) is 0.194. The molecule has 5 N–H and O–H groups in total. The largest absolute Gasteiger partial charge is 1.00 e. The maximum Gasteiger partial charge on any atom is 1.00 e. The van der Waals surface area contributed by atoms with Gasteiger partial charge in [0.1, 0.15) is 0 Å². The standard InChI is InChI=1S/4C2H4O2.2Na.H3O4P/c4*1-2(3)4;;;1-5(2,3)4/h4*1H3,(H,3,4);;;(H3,1,2,3,4)/q;;;;2*+1;/p-2. The Morgan fingerprint density at radius 2 is 0.652 bits per heavy atom. The molecule has 0 atom stereocenters. The Labute approximate surface area is 176 Å². The predicted octanol–water partition coefficient (Wildman–Crippen LogP) is -7.82. The van der Waals surface area contributed by atoms with Crippen LogP contribution in [0.4, 0.5) is 0 Å². The average Bonchev–Trinajstić information content (AvgIpc) is 1.91. The van der Waals surface area contributed by atoms with Crippen LogP contribution in [0.15, 0.2) is 0 Å². The molecule has 0 aromatic rings. The number of rotatable bonds is 0. The minimum absolute atomic E-state index is 0. The Hall–Kier alpha value is -0.01000. The number of carbonyl (C=O) groups is 4. The van der Waals surface area contributed by atoms with E-state index in [-0.39, 0.29) is 59.1 Å². The Morgan fingerprint density at radius 1 is 0.652 bits per heavy atom. The van der Waals surface area contributed by atoms with Crippen LogP contribution in [0.5, 0.6) is 0 Å². The summed E-state index contributed by atoms with van der Waals surface area (Å²) in [6, 6.07) is 0. The van der Waals surface area contributed by atoms with Gasteiger partial charge in [-0.05, 0) is 0 Å². The fraction of sp³-hybridized carbons (Fsp3) is 0.500.